The molecule has 0 spiro atoms. The summed E-state index contributed by atoms with van der Waals surface area (Å²) in [5.74, 6) is -2.44. The van der Waals surface area contributed by atoms with Crippen LogP contribution in [-0.4, -0.2) is 75.3 Å². The second-order valence-corrected chi connectivity index (χ2v) is 11.0. The molecule has 9 nitrogen and oxygen atoms in total. The molecule has 0 aromatic heterocycles. The Bertz CT molecular complexity index is 1040. The zero-order valence-corrected chi connectivity index (χ0v) is 21.9. The molecule has 0 aliphatic carbocycles. The van der Waals surface area contributed by atoms with E-state index < -0.39 is 35.6 Å². The van der Waals surface area contributed by atoms with Gasteiger partial charge in [0.2, 0.25) is 5.91 Å². The molecule has 4 unspecified atom stereocenters. The average Bonchev–Trinajstić information content (AvgIpc) is 2.84. The number of carboxylic acids is 1. The third kappa shape index (κ3) is 7.01. The van der Waals surface area contributed by atoms with Crippen LogP contribution in [0.4, 0.5) is 4.39 Å². The van der Waals surface area contributed by atoms with Gasteiger partial charge in [0.1, 0.15) is 23.7 Å². The van der Waals surface area contributed by atoms with Crippen LogP contribution in [0.15, 0.2) is 35.5 Å². The van der Waals surface area contributed by atoms with Gasteiger partial charge in [-0.2, -0.15) is 11.8 Å². The van der Waals surface area contributed by atoms with E-state index in [-0.39, 0.29) is 35.6 Å². The molecule has 2 amide bonds. The van der Waals surface area contributed by atoms with Gasteiger partial charge < -0.3 is 15.2 Å². The molecular formula is C24H30FN3O6S2. The van der Waals surface area contributed by atoms with Gasteiger partial charge in [-0.05, 0) is 17.4 Å². The maximum Gasteiger partial charge on any atom is 0.352 e. The zero-order chi connectivity index (χ0) is 26.4. The lowest BCUT2D eigenvalue weighted by atomic mass is 10.0. The van der Waals surface area contributed by atoms with Gasteiger partial charge in [0.15, 0.2) is 6.30 Å². The van der Waals surface area contributed by atoms with Crippen LogP contribution < -0.4 is 10.6 Å². The summed E-state index contributed by atoms with van der Waals surface area (Å²) in [6.07, 6.45) is 1.33. The number of aliphatic carboxylic acids is 1. The third-order valence-corrected chi connectivity index (χ3v) is 8.21. The lowest BCUT2D eigenvalue weighted by Crippen LogP contribution is -2.70. The van der Waals surface area contributed by atoms with Crippen LogP contribution in [0, 0.1) is 0 Å². The van der Waals surface area contributed by atoms with Crippen LogP contribution in [0.5, 0.6) is 0 Å². The number of hydrogen-bond donors (Lipinski definition) is 3. The summed E-state index contributed by atoms with van der Waals surface area (Å²) in [6.45, 7) is 3.37. The van der Waals surface area contributed by atoms with Crippen molar-refractivity contribution < 1.29 is 33.4 Å². The minimum Gasteiger partial charge on any atom is -0.477 e. The highest BCUT2D eigenvalue weighted by atomic mass is 32.2. The summed E-state index contributed by atoms with van der Waals surface area (Å²) >= 11 is 2.92. The average molecular weight is 540 g/mol. The summed E-state index contributed by atoms with van der Waals surface area (Å²) in [7, 11) is 0. The Kier molecular flexibility index (Phi) is 9.80. The number of rotatable bonds is 12. The maximum absolute atomic E-state index is 14.0. The summed E-state index contributed by atoms with van der Waals surface area (Å²) < 4.78 is 18.9. The molecule has 2 heterocycles. The van der Waals surface area contributed by atoms with Crippen molar-refractivity contribution in [1.82, 2.24) is 15.5 Å². The van der Waals surface area contributed by atoms with Crippen molar-refractivity contribution in [2.24, 2.45) is 0 Å². The number of nitrogens with zero attached hydrogens (tertiary/aromatic N) is 1. The number of benzene rings is 1. The molecule has 4 atom stereocenters. The standard InChI is InChI=1S/C24H30FN3O6S2/c1-13(35-3)8-18(25)26-10-16-6-4-15(5-7-16)9-19(30)27-20-22(31)28-21(24(32)33)17(11-34-14(2)29)12-36-23(20)28/h4-7,13,18,20,23,26H,8-12H2,1-3H3,(H,27,30)(H,32,33). The number of β-lactam (4-membered cyclic amide) rings is 1. The quantitative estimate of drug-likeness (QED) is 0.208. The van der Waals surface area contributed by atoms with Crippen molar-refractivity contribution in [3.05, 3.63) is 46.7 Å². The molecule has 0 bridgehead atoms. The molecule has 3 rings (SSSR count). The number of carbonyl (C=O) groups is 4. The number of amides is 2. The molecule has 1 aromatic carbocycles. The van der Waals surface area contributed by atoms with Crippen molar-refractivity contribution in [3.8, 4) is 0 Å². The van der Waals surface area contributed by atoms with Crippen molar-refractivity contribution in [2.45, 2.75) is 56.2 Å². The van der Waals surface area contributed by atoms with E-state index in [1.165, 1.54) is 18.7 Å². The van der Waals surface area contributed by atoms with Crippen LogP contribution in [-0.2, 0) is 36.9 Å². The van der Waals surface area contributed by atoms with Crippen LogP contribution in [0.25, 0.3) is 0 Å². The lowest BCUT2D eigenvalue weighted by molar-refractivity contribution is -0.151. The van der Waals surface area contributed by atoms with Gasteiger partial charge in [-0.3, -0.25) is 24.6 Å². The molecule has 1 fully saturated rings. The number of fused-ring (bicyclic) bond motifs is 1. The predicted octanol–water partition coefficient (Wildman–Crippen LogP) is 2.06. The lowest BCUT2D eigenvalue weighted by Gasteiger charge is -2.49. The first kappa shape index (κ1) is 28.0. The van der Waals surface area contributed by atoms with Crippen molar-refractivity contribution in [2.75, 3.05) is 18.6 Å². The van der Waals surface area contributed by atoms with Gasteiger partial charge in [-0.15, -0.1) is 11.8 Å². The minimum atomic E-state index is -1.28. The highest BCUT2D eigenvalue weighted by Crippen LogP contribution is 2.40. The summed E-state index contributed by atoms with van der Waals surface area (Å²) in [4.78, 5) is 49.3. The van der Waals surface area contributed by atoms with E-state index in [1.807, 2.05) is 25.3 Å². The Morgan fingerprint density at radius 1 is 1.28 bits per heavy atom. The number of carboxylic acid groups (broad SMARTS) is 1. The van der Waals surface area contributed by atoms with Crippen molar-refractivity contribution >= 4 is 47.3 Å². The molecule has 2 aliphatic rings. The second kappa shape index (κ2) is 12.6. The number of halogens is 1. The van der Waals surface area contributed by atoms with Crippen LogP contribution in [0.3, 0.4) is 0 Å². The zero-order valence-electron chi connectivity index (χ0n) is 20.3. The molecular weight excluding hydrogens is 509 g/mol. The molecule has 0 saturated carbocycles. The van der Waals surface area contributed by atoms with Gasteiger partial charge in [-0.1, -0.05) is 31.2 Å². The highest BCUT2D eigenvalue weighted by molar-refractivity contribution is 8.00. The van der Waals surface area contributed by atoms with Gasteiger partial charge in [0.05, 0.1) is 6.42 Å². The molecule has 36 heavy (non-hydrogen) atoms. The van der Waals surface area contributed by atoms with Crippen LogP contribution in [0.2, 0.25) is 0 Å². The number of esters is 1. The van der Waals surface area contributed by atoms with E-state index in [2.05, 4.69) is 10.6 Å². The highest BCUT2D eigenvalue weighted by Gasteiger charge is 2.54. The fourth-order valence-electron chi connectivity index (χ4n) is 3.87. The molecule has 1 saturated heterocycles. The Morgan fingerprint density at radius 3 is 2.56 bits per heavy atom. The van der Waals surface area contributed by atoms with E-state index in [0.29, 0.717) is 18.5 Å². The van der Waals surface area contributed by atoms with Gasteiger partial charge in [-0.25, -0.2) is 9.18 Å². The van der Waals surface area contributed by atoms with Gasteiger partial charge in [0.25, 0.3) is 5.91 Å². The fraction of sp³-hybridized carbons (Fsp3) is 0.500. The smallest absolute Gasteiger partial charge is 0.352 e. The van der Waals surface area contributed by atoms with E-state index >= 15 is 0 Å². The molecule has 0 radical (unpaired) electrons. The number of carbonyl (C=O) groups excluding carboxylic acids is 3. The predicted molar refractivity (Wildman–Crippen MR) is 136 cm³/mol. The third-order valence-electron chi connectivity index (χ3n) is 5.87. The number of hydrogen-bond acceptors (Lipinski definition) is 8. The first-order chi connectivity index (χ1) is 17.1. The number of alkyl halides is 1. The molecule has 12 heteroatoms. The normalized spacial score (nSPS) is 20.8. The molecule has 3 N–H and O–H groups in total. The van der Waals surface area contributed by atoms with E-state index in [9.17, 15) is 28.7 Å². The van der Waals surface area contributed by atoms with E-state index in [1.54, 1.807) is 23.9 Å². The molecule has 196 valence electrons. The van der Waals surface area contributed by atoms with Crippen LogP contribution in [0.1, 0.15) is 31.4 Å². The SMILES string of the molecule is CSC(C)CC(F)NCc1ccc(CC(=O)NC2C(=O)N3C(C(=O)O)=C(COC(C)=O)CSC23)cc1. The van der Waals surface area contributed by atoms with E-state index in [4.69, 9.17) is 4.74 Å². The Balaban J connectivity index is 1.52. The van der Waals surface area contributed by atoms with Crippen LogP contribution >= 0.6 is 23.5 Å². The second-order valence-electron chi connectivity index (χ2n) is 8.62. The summed E-state index contributed by atoms with van der Waals surface area (Å²) in [5.41, 5.74) is 1.76. The largest absolute Gasteiger partial charge is 0.477 e. The topological polar surface area (TPSA) is 125 Å². The Labute approximate surface area is 217 Å². The first-order valence-corrected chi connectivity index (χ1v) is 13.7. The number of nitrogens with one attached hydrogen (secondary N) is 2. The maximum atomic E-state index is 14.0. The Hall–Kier alpha value is -2.57. The van der Waals surface area contributed by atoms with Crippen molar-refractivity contribution in [3.63, 3.8) is 0 Å². The first-order valence-electron chi connectivity index (χ1n) is 11.4. The van der Waals surface area contributed by atoms with Crippen molar-refractivity contribution in [1.29, 1.82) is 0 Å². The minimum absolute atomic E-state index is 0.0468. The fourth-order valence-corrected chi connectivity index (χ4v) is 5.56. The Morgan fingerprint density at radius 2 is 1.94 bits per heavy atom. The summed E-state index contributed by atoms with van der Waals surface area (Å²) in [6, 6.07) is 6.38. The monoisotopic (exact) mass is 539 g/mol. The van der Waals surface area contributed by atoms with Gasteiger partial charge >= 0.3 is 11.9 Å². The number of thioether (sulfide) groups is 2. The van der Waals surface area contributed by atoms with Gasteiger partial charge in [0, 0.05) is 36.5 Å². The summed E-state index contributed by atoms with van der Waals surface area (Å²) in [5, 5.41) is 14.8. The molecule has 2 aliphatic heterocycles. The molecule has 1 aromatic rings. The number of ether oxygens (including phenoxy) is 1. The van der Waals surface area contributed by atoms with E-state index in [0.717, 1.165) is 16.0 Å².